The Morgan fingerprint density at radius 3 is 1.67 bits per heavy atom. The monoisotopic (exact) mass is 347 g/mol. The van der Waals surface area contributed by atoms with E-state index in [1.807, 2.05) is 44.2 Å². The third-order valence-electron chi connectivity index (χ3n) is 4.13. The van der Waals surface area contributed by atoms with Gasteiger partial charge in [0.1, 0.15) is 5.75 Å². The molecule has 128 valence electrons. The van der Waals surface area contributed by atoms with Gasteiger partial charge in [0.25, 0.3) is 0 Å². The highest BCUT2D eigenvalue weighted by atomic mass is 16.3. The molecule has 0 bridgehead atoms. The minimum Gasteiger partial charge on any atom is -0.508 e. The molecule has 0 fully saturated rings. The fourth-order valence-corrected chi connectivity index (χ4v) is 2.58. The van der Waals surface area contributed by atoms with Gasteiger partial charge in [-0.15, -0.1) is 0 Å². The number of aryl methyl sites for hydroxylation is 2. The van der Waals surface area contributed by atoms with Gasteiger partial charge in [-0.3, -0.25) is 0 Å². The van der Waals surface area contributed by atoms with Crippen LogP contribution in [-0.4, -0.2) is 5.11 Å². The van der Waals surface area contributed by atoms with Crippen molar-refractivity contribution >= 4 is 0 Å². The summed E-state index contributed by atoms with van der Waals surface area (Å²) in [5, 5.41) is 18.3. The van der Waals surface area contributed by atoms with Gasteiger partial charge in [0.15, 0.2) is 0 Å². The van der Waals surface area contributed by atoms with E-state index in [-0.39, 0.29) is 5.75 Å². The molecule has 0 unspecified atom stereocenters. The largest absolute Gasteiger partial charge is 0.508 e. The van der Waals surface area contributed by atoms with Crippen LogP contribution in [0.15, 0.2) is 60.7 Å². The van der Waals surface area contributed by atoms with E-state index in [1.54, 1.807) is 30.3 Å². The first-order valence-corrected chi connectivity index (χ1v) is 8.49. The van der Waals surface area contributed by atoms with Gasteiger partial charge in [-0.2, -0.15) is 5.26 Å². The molecule has 0 amide bonds. The molecule has 0 aliphatic carbocycles. The fourth-order valence-electron chi connectivity index (χ4n) is 2.58. The minimum atomic E-state index is 0.233. The van der Waals surface area contributed by atoms with Gasteiger partial charge in [-0.05, 0) is 85.6 Å². The lowest BCUT2D eigenvalue weighted by Crippen LogP contribution is -1.86. The number of nitrogens with zero attached hydrogens (tertiary/aromatic N) is 1. The van der Waals surface area contributed by atoms with E-state index in [9.17, 15) is 5.11 Å². The van der Waals surface area contributed by atoms with Gasteiger partial charge in [-0.25, -0.2) is 0 Å². The predicted molar refractivity (Wildman–Crippen MR) is 107 cm³/mol. The lowest BCUT2D eigenvalue weighted by atomic mass is 10.0. The third kappa shape index (κ3) is 4.58. The van der Waals surface area contributed by atoms with Crippen molar-refractivity contribution in [2.45, 2.75) is 13.8 Å². The average molecular weight is 347 g/mol. The van der Waals surface area contributed by atoms with Gasteiger partial charge in [0, 0.05) is 22.3 Å². The summed E-state index contributed by atoms with van der Waals surface area (Å²) in [5.41, 5.74) is 6.28. The molecule has 1 N–H and O–H groups in total. The molecule has 2 heteroatoms. The molecule has 0 saturated carbocycles. The zero-order chi connectivity index (χ0) is 19.2. The highest BCUT2D eigenvalue weighted by Gasteiger charge is 1.99. The van der Waals surface area contributed by atoms with Crippen LogP contribution in [0.25, 0.3) is 0 Å². The van der Waals surface area contributed by atoms with E-state index in [0.29, 0.717) is 5.56 Å². The molecule has 3 aromatic carbocycles. The van der Waals surface area contributed by atoms with Crippen molar-refractivity contribution in [1.29, 1.82) is 5.26 Å². The first-order valence-electron chi connectivity index (χ1n) is 8.49. The van der Waals surface area contributed by atoms with Crippen molar-refractivity contribution in [2.75, 3.05) is 0 Å². The Balaban J connectivity index is 1.81. The molecular formula is C25H17NO. The molecule has 0 saturated heterocycles. The van der Waals surface area contributed by atoms with Crippen LogP contribution >= 0.6 is 0 Å². The van der Waals surface area contributed by atoms with Crippen LogP contribution in [0, 0.1) is 48.9 Å². The maximum absolute atomic E-state index is 9.31. The van der Waals surface area contributed by atoms with E-state index in [4.69, 9.17) is 5.26 Å². The third-order valence-corrected chi connectivity index (χ3v) is 4.13. The molecule has 3 aromatic rings. The molecule has 0 atom stereocenters. The van der Waals surface area contributed by atoms with Crippen molar-refractivity contribution < 1.29 is 5.11 Å². The molecule has 0 radical (unpaired) electrons. The Morgan fingerprint density at radius 2 is 1.11 bits per heavy atom. The number of benzene rings is 3. The fraction of sp³-hybridized carbons (Fsp3) is 0.0800. The summed E-state index contributed by atoms with van der Waals surface area (Å²) in [4.78, 5) is 0. The van der Waals surface area contributed by atoms with Crippen molar-refractivity contribution in [1.82, 2.24) is 0 Å². The van der Waals surface area contributed by atoms with Crippen LogP contribution in [0.3, 0.4) is 0 Å². The van der Waals surface area contributed by atoms with Crippen LogP contribution < -0.4 is 0 Å². The molecule has 0 aliphatic heterocycles. The normalized spacial score (nSPS) is 9.37. The number of hydrogen-bond donors (Lipinski definition) is 1. The molecule has 2 nitrogen and oxygen atoms in total. The molecule has 3 rings (SSSR count). The Morgan fingerprint density at radius 1 is 0.630 bits per heavy atom. The SMILES string of the molecule is Cc1cc(C#Cc2ccc(C#Cc3ccc(O)cc3)cc2C)ccc1C#N. The molecular weight excluding hydrogens is 330 g/mol. The Hall–Kier alpha value is -3.93. The van der Waals surface area contributed by atoms with Gasteiger partial charge in [0.05, 0.1) is 11.6 Å². The van der Waals surface area contributed by atoms with E-state index in [0.717, 1.165) is 33.4 Å². The molecule has 0 spiro atoms. The summed E-state index contributed by atoms with van der Waals surface area (Å²) in [5.74, 6) is 12.8. The van der Waals surface area contributed by atoms with Gasteiger partial charge < -0.3 is 5.11 Å². The quantitative estimate of drug-likeness (QED) is 0.600. The summed E-state index contributed by atoms with van der Waals surface area (Å²) in [6, 6.07) is 20.5. The standard InChI is InChI=1S/C25H17NO/c1-18-15-21(4-3-20-8-13-25(27)14-9-20)5-10-23(18)11-6-22-7-12-24(17-26)19(2)16-22/h5,7-10,12-16,27H,1-2H3. The smallest absolute Gasteiger partial charge is 0.115 e. The van der Waals surface area contributed by atoms with Crippen LogP contribution in [-0.2, 0) is 0 Å². The van der Waals surface area contributed by atoms with Crippen LogP contribution in [0.5, 0.6) is 5.75 Å². The van der Waals surface area contributed by atoms with Crippen molar-refractivity contribution in [3.05, 3.63) is 99.6 Å². The Labute approximate surface area is 159 Å². The Kier molecular flexibility index (Phi) is 5.28. The van der Waals surface area contributed by atoms with E-state index in [1.165, 1.54) is 0 Å². The summed E-state index contributed by atoms with van der Waals surface area (Å²) >= 11 is 0. The van der Waals surface area contributed by atoms with Crippen molar-refractivity contribution in [2.24, 2.45) is 0 Å². The second-order valence-corrected chi connectivity index (χ2v) is 6.22. The van der Waals surface area contributed by atoms with Crippen LogP contribution in [0.4, 0.5) is 0 Å². The summed E-state index contributed by atoms with van der Waals surface area (Å²) in [6.07, 6.45) is 0. The topological polar surface area (TPSA) is 44.0 Å². The molecule has 0 aliphatic rings. The van der Waals surface area contributed by atoms with Crippen LogP contribution in [0.2, 0.25) is 0 Å². The number of nitriles is 1. The van der Waals surface area contributed by atoms with Gasteiger partial charge in [0.2, 0.25) is 0 Å². The maximum Gasteiger partial charge on any atom is 0.115 e. The second kappa shape index (κ2) is 7.97. The highest BCUT2D eigenvalue weighted by molar-refractivity contribution is 5.52. The number of rotatable bonds is 0. The molecule has 27 heavy (non-hydrogen) atoms. The van der Waals surface area contributed by atoms with E-state index < -0.39 is 0 Å². The lowest BCUT2D eigenvalue weighted by molar-refractivity contribution is 0.475. The summed E-state index contributed by atoms with van der Waals surface area (Å²) in [6.45, 7) is 3.93. The minimum absolute atomic E-state index is 0.233. The number of aromatic hydroxyl groups is 1. The average Bonchev–Trinajstić information content (AvgIpc) is 2.67. The maximum atomic E-state index is 9.31. The summed E-state index contributed by atoms with van der Waals surface area (Å²) < 4.78 is 0. The number of phenolic OH excluding ortho intramolecular Hbond substituents is 1. The second-order valence-electron chi connectivity index (χ2n) is 6.22. The van der Waals surface area contributed by atoms with Crippen molar-refractivity contribution in [3.8, 4) is 35.5 Å². The zero-order valence-electron chi connectivity index (χ0n) is 15.2. The van der Waals surface area contributed by atoms with Gasteiger partial charge >= 0.3 is 0 Å². The molecule has 0 heterocycles. The molecule has 0 aromatic heterocycles. The first-order chi connectivity index (χ1) is 13.0. The van der Waals surface area contributed by atoms with E-state index >= 15 is 0 Å². The number of hydrogen-bond acceptors (Lipinski definition) is 2. The zero-order valence-corrected chi connectivity index (χ0v) is 15.2. The Bertz CT molecular complexity index is 1160. The number of phenols is 1. The van der Waals surface area contributed by atoms with Gasteiger partial charge in [-0.1, -0.05) is 23.7 Å². The van der Waals surface area contributed by atoms with Crippen LogP contribution in [0.1, 0.15) is 38.9 Å². The highest BCUT2D eigenvalue weighted by Crippen LogP contribution is 2.13. The summed E-state index contributed by atoms with van der Waals surface area (Å²) in [7, 11) is 0. The van der Waals surface area contributed by atoms with E-state index in [2.05, 4.69) is 29.8 Å². The first kappa shape index (κ1) is 17.9. The lowest BCUT2D eigenvalue weighted by Gasteiger charge is -2.00. The predicted octanol–water partition coefficient (Wildman–Crippen LogP) is 4.68. The van der Waals surface area contributed by atoms with Crippen molar-refractivity contribution in [3.63, 3.8) is 0 Å².